The van der Waals surface area contributed by atoms with E-state index in [1.165, 1.54) is 11.8 Å². The molecule has 0 radical (unpaired) electrons. The van der Waals surface area contributed by atoms with Crippen molar-refractivity contribution >= 4 is 29.9 Å². The summed E-state index contributed by atoms with van der Waals surface area (Å²) >= 11 is -1.15. The Kier molecular flexibility index (Phi) is 9.72. The van der Waals surface area contributed by atoms with Crippen molar-refractivity contribution in [3.63, 3.8) is 0 Å². The van der Waals surface area contributed by atoms with Crippen LogP contribution in [0.5, 0.6) is 0 Å². The molecule has 27 heavy (non-hydrogen) atoms. The van der Waals surface area contributed by atoms with Crippen molar-refractivity contribution < 1.29 is 26.1 Å². The largest absolute Gasteiger partial charge is 0.741 e. The second-order valence-electron chi connectivity index (χ2n) is 8.40. The van der Waals surface area contributed by atoms with Crippen LogP contribution in [-0.2, 0) is 10.1 Å². The molecule has 0 unspecified atom stereocenters. The maximum atomic E-state index is 10.7. The molecule has 0 aromatic heterocycles. The van der Waals surface area contributed by atoms with Gasteiger partial charge in [0.2, 0.25) is 0 Å². The van der Waals surface area contributed by atoms with Gasteiger partial charge in [0.05, 0.1) is 0 Å². The molecule has 158 valence electrons. The third kappa shape index (κ3) is 7.68. The fourth-order valence-corrected chi connectivity index (χ4v) is 20.2. The van der Waals surface area contributed by atoms with E-state index >= 15 is 0 Å². The summed E-state index contributed by atoms with van der Waals surface area (Å²) in [6, 6.07) is 0. The maximum absolute atomic E-state index is 10.7. The van der Waals surface area contributed by atoms with Crippen molar-refractivity contribution in [3.8, 4) is 0 Å². The molecule has 0 heterocycles. The molecule has 0 N–H and O–H groups in total. The van der Waals surface area contributed by atoms with E-state index in [0.717, 1.165) is 0 Å². The van der Waals surface area contributed by atoms with E-state index in [-0.39, 0.29) is 0 Å². The van der Waals surface area contributed by atoms with E-state index in [2.05, 4.69) is 0 Å². The van der Waals surface area contributed by atoms with E-state index in [9.17, 15) is 13.2 Å². The summed E-state index contributed by atoms with van der Waals surface area (Å²) in [7, 11) is -6.09. The average molecular weight is 517 g/mol. The minimum atomic E-state index is -6.09. The first kappa shape index (κ1) is 23.8. The van der Waals surface area contributed by atoms with Gasteiger partial charge in [-0.25, -0.2) is 8.42 Å². The van der Waals surface area contributed by atoms with Crippen LogP contribution in [0, 0.1) is 0 Å². The Morgan fingerprint density at radius 1 is 0.630 bits per heavy atom. The van der Waals surface area contributed by atoms with Crippen LogP contribution < -0.4 is 0 Å². The van der Waals surface area contributed by atoms with Crippen LogP contribution in [0.3, 0.4) is 0 Å². The summed E-state index contributed by atoms with van der Waals surface area (Å²) in [5.74, 6) is 0. The Bertz CT molecular complexity index is 478. The van der Waals surface area contributed by atoms with Crippen LogP contribution in [0.4, 0.5) is 13.2 Å². The molecule has 3 saturated carbocycles. The third-order valence-electron chi connectivity index (χ3n) is 6.51. The molecule has 3 nitrogen and oxygen atoms in total. The Morgan fingerprint density at radius 2 is 0.852 bits per heavy atom. The number of hydrogen-bond acceptors (Lipinski definition) is 3. The van der Waals surface area contributed by atoms with E-state index in [0.29, 0.717) is 0 Å². The topological polar surface area (TPSA) is 57.2 Å². The van der Waals surface area contributed by atoms with Crippen LogP contribution >= 0.6 is 0 Å². The van der Waals surface area contributed by atoms with Gasteiger partial charge in [0.1, 0.15) is 0 Å². The summed E-state index contributed by atoms with van der Waals surface area (Å²) in [6.45, 7) is 0. The molecule has 0 spiro atoms. The maximum Gasteiger partial charge on any atom is 0.485 e. The first-order chi connectivity index (χ1) is 12.7. The van der Waals surface area contributed by atoms with Crippen molar-refractivity contribution in [1.82, 2.24) is 0 Å². The molecule has 8 heteroatoms. The van der Waals surface area contributed by atoms with Gasteiger partial charge < -0.3 is 4.55 Å². The molecule has 3 fully saturated rings. The third-order valence-corrected chi connectivity index (χ3v) is 20.1. The quantitative estimate of drug-likeness (QED) is 0.243. The van der Waals surface area contributed by atoms with Gasteiger partial charge in [0.15, 0.2) is 10.1 Å². The molecule has 3 rings (SSSR count). The fraction of sp³-hybridized carbons (Fsp3) is 1.00. The van der Waals surface area contributed by atoms with Gasteiger partial charge in [-0.15, -0.1) is 0 Å². The normalized spacial score (nSPS) is 24.1. The van der Waals surface area contributed by atoms with Crippen molar-refractivity contribution in [2.24, 2.45) is 0 Å². The van der Waals surface area contributed by atoms with Gasteiger partial charge in [-0.2, -0.15) is 13.2 Å². The van der Waals surface area contributed by atoms with E-state index < -0.39 is 35.4 Å². The zero-order valence-corrected chi connectivity index (χ0v) is 19.8. The fourth-order valence-electron chi connectivity index (χ4n) is 5.31. The molecule has 0 bridgehead atoms. The van der Waals surface area contributed by atoms with E-state index in [1.54, 1.807) is 96.3 Å². The second kappa shape index (κ2) is 11.0. The van der Waals surface area contributed by atoms with Crippen LogP contribution in [-0.4, -0.2) is 38.2 Å². The summed E-state index contributed by atoms with van der Waals surface area (Å²) in [5, 5.41) is 0. The minimum absolute atomic E-state index is 1.15. The van der Waals surface area contributed by atoms with Gasteiger partial charge in [0.25, 0.3) is 0 Å². The van der Waals surface area contributed by atoms with Crippen molar-refractivity contribution in [3.05, 3.63) is 0 Å². The number of halogens is 3. The molecular formula is C19H33F3O3SSn. The number of alkyl halides is 3. The Morgan fingerprint density at radius 3 is 1.04 bits per heavy atom. The molecule has 0 aromatic carbocycles. The van der Waals surface area contributed by atoms with Gasteiger partial charge >= 0.3 is 133 Å². The van der Waals surface area contributed by atoms with Crippen molar-refractivity contribution in [2.75, 3.05) is 0 Å². The Balaban J connectivity index is 0.000000279. The van der Waals surface area contributed by atoms with Crippen LogP contribution in [0.15, 0.2) is 0 Å². The second-order valence-corrected chi connectivity index (χ2v) is 19.6. The van der Waals surface area contributed by atoms with Crippen LogP contribution in [0.1, 0.15) is 96.3 Å². The number of rotatable bonds is 3. The molecule has 3 aliphatic carbocycles. The van der Waals surface area contributed by atoms with Crippen LogP contribution in [0.25, 0.3) is 0 Å². The zero-order chi connectivity index (χ0) is 19.9. The summed E-state index contributed by atoms with van der Waals surface area (Å²) in [6.07, 6.45) is 24.2. The molecular weight excluding hydrogens is 484 g/mol. The first-order valence-electron chi connectivity index (χ1n) is 10.6. The van der Waals surface area contributed by atoms with Gasteiger partial charge in [-0.05, 0) is 0 Å². The molecule has 0 amide bonds. The molecule has 3 aliphatic rings. The van der Waals surface area contributed by atoms with Gasteiger partial charge in [0, 0.05) is 0 Å². The van der Waals surface area contributed by atoms with E-state index in [4.69, 9.17) is 13.0 Å². The summed E-state index contributed by atoms with van der Waals surface area (Å²) < 4.78 is 62.9. The summed E-state index contributed by atoms with van der Waals surface area (Å²) in [4.78, 5) is 0. The summed E-state index contributed by atoms with van der Waals surface area (Å²) in [5.41, 5.74) is -5.65. The Labute approximate surface area is 169 Å². The van der Waals surface area contributed by atoms with Gasteiger partial charge in [-0.3, -0.25) is 0 Å². The predicted molar refractivity (Wildman–Crippen MR) is 102 cm³/mol. The number of hydrogen-bond donors (Lipinski definition) is 0. The van der Waals surface area contributed by atoms with Gasteiger partial charge in [-0.1, -0.05) is 0 Å². The first-order valence-corrected chi connectivity index (χ1v) is 16.9. The average Bonchev–Trinajstić information content (AvgIpc) is 2.64. The molecule has 0 aliphatic heterocycles. The van der Waals surface area contributed by atoms with Crippen molar-refractivity contribution in [1.29, 1.82) is 0 Å². The minimum Gasteiger partial charge on any atom is -0.741 e. The van der Waals surface area contributed by atoms with E-state index in [1.807, 2.05) is 0 Å². The standard InChI is InChI=1S/3C6H11.CHF3O3S.Sn/c3*1-2-4-6-5-3-1;2-1(3,4)8(5,6)7;/h3*1H,2-6H2;(H,5,6,7);/q;;;;+1/p-1. The predicted octanol–water partition coefficient (Wildman–Crippen LogP) is 6.54. The Hall–Kier alpha value is 0.499. The smallest absolute Gasteiger partial charge is 0.485 e. The van der Waals surface area contributed by atoms with Crippen molar-refractivity contribution in [2.45, 2.75) is 114 Å². The molecule has 0 atom stereocenters. The van der Waals surface area contributed by atoms with Crippen LogP contribution in [0.2, 0.25) is 11.8 Å². The molecule has 0 saturated heterocycles. The zero-order valence-electron chi connectivity index (χ0n) is 16.1. The monoisotopic (exact) mass is 518 g/mol. The SMILES string of the molecule is C1CC[CH]([Sn+]([CH]2CCCCC2)[CH]2CCCCC2)CC1.O=S(=O)([O-])C(F)(F)F. The molecule has 0 aromatic rings.